The summed E-state index contributed by atoms with van der Waals surface area (Å²) in [4.78, 5) is 0. The van der Waals surface area contributed by atoms with E-state index in [1.54, 1.807) is 0 Å². The van der Waals surface area contributed by atoms with Gasteiger partial charge in [-0.1, -0.05) is 0 Å². The van der Waals surface area contributed by atoms with Crippen LogP contribution in [0.3, 0.4) is 0 Å². The van der Waals surface area contributed by atoms with E-state index in [0.717, 1.165) is 0 Å². The van der Waals surface area contributed by atoms with Crippen molar-refractivity contribution < 1.29 is 8.76 Å². The first-order valence-corrected chi connectivity index (χ1v) is 2.69. The molecular weight excluding hydrogens is 135 g/mol. The van der Waals surface area contributed by atoms with E-state index >= 15 is 0 Å². The summed E-state index contributed by atoms with van der Waals surface area (Å²) in [6, 6.07) is 0. The third kappa shape index (κ3) is 23.3. The van der Waals surface area contributed by atoms with E-state index in [1.165, 1.54) is 0 Å². The van der Waals surface area contributed by atoms with Gasteiger partial charge in [0.2, 0.25) is 10.1 Å². The van der Waals surface area contributed by atoms with Gasteiger partial charge in [-0.3, -0.25) is 4.55 Å². The summed E-state index contributed by atoms with van der Waals surface area (Å²) in [5, 5.41) is 0. The molecule has 0 aromatic carbocycles. The van der Waals surface area contributed by atoms with Crippen LogP contribution in [0.25, 0.3) is 0 Å². The molecule has 28 valence electrons. The third-order valence-corrected chi connectivity index (χ3v) is 0. The van der Waals surface area contributed by atoms with E-state index in [0.29, 0.717) is 0 Å². The van der Waals surface area contributed by atoms with Crippen molar-refractivity contribution in [3.05, 3.63) is 0 Å². The molecule has 0 aliphatic carbocycles. The van der Waals surface area contributed by atoms with Crippen molar-refractivity contribution in [3.63, 3.8) is 0 Å². The van der Waals surface area contributed by atoms with Gasteiger partial charge in [0.1, 0.15) is 0 Å². The standard InChI is InChI=1S/K.H2O2S2.H/c;1-4(2)3;/h;(H2,1,2,3);. The van der Waals surface area contributed by atoms with Crippen molar-refractivity contribution in [2.45, 2.75) is 0 Å². The molecule has 0 aliphatic heterocycles. The van der Waals surface area contributed by atoms with Crippen molar-refractivity contribution in [2.24, 2.45) is 0 Å². The van der Waals surface area contributed by atoms with Gasteiger partial charge in [0, 0.05) is 0 Å². The van der Waals surface area contributed by atoms with Crippen LogP contribution in [0.1, 0.15) is 0 Å². The van der Waals surface area contributed by atoms with Gasteiger partial charge in [0.25, 0.3) is 0 Å². The molecule has 5 heteroatoms. The van der Waals surface area contributed by atoms with Crippen molar-refractivity contribution in [2.75, 3.05) is 0 Å². The maximum atomic E-state index is 8.98. The van der Waals surface area contributed by atoms with E-state index in [1.807, 2.05) is 0 Å². The molecule has 0 heterocycles. The van der Waals surface area contributed by atoms with Gasteiger partial charge in [-0.2, -0.15) is 0 Å². The van der Waals surface area contributed by atoms with Crippen LogP contribution in [-0.4, -0.2) is 60.1 Å². The fourth-order valence-electron chi connectivity index (χ4n) is 0. The van der Waals surface area contributed by atoms with E-state index < -0.39 is 10.1 Å². The van der Waals surface area contributed by atoms with Gasteiger partial charge in [0.05, 0.1) is 0 Å². The van der Waals surface area contributed by atoms with Gasteiger partial charge in [-0.25, -0.2) is 4.21 Å². The Labute approximate surface area is 80.2 Å². The van der Waals surface area contributed by atoms with Gasteiger partial charge in [-0.15, -0.1) is 0 Å². The van der Waals surface area contributed by atoms with Crippen LogP contribution in [0.2, 0.25) is 0 Å². The van der Waals surface area contributed by atoms with Crippen LogP contribution in [0.4, 0.5) is 0 Å². The Hall–Kier alpha value is 2.10. The molecule has 0 rings (SSSR count). The van der Waals surface area contributed by atoms with Gasteiger partial charge < -0.3 is 0 Å². The Morgan fingerprint density at radius 3 is 1.80 bits per heavy atom. The zero-order valence-corrected chi connectivity index (χ0v) is 3.42. The molecule has 0 saturated carbocycles. The SMILES string of the molecule is O=S(O)S.[KH]. The van der Waals surface area contributed by atoms with Crippen molar-refractivity contribution in [1.82, 2.24) is 0 Å². The zero-order chi connectivity index (χ0) is 3.58. The molecule has 1 N–H and O–H groups in total. The molecule has 0 amide bonds. The van der Waals surface area contributed by atoms with E-state index in [4.69, 9.17) is 8.76 Å². The summed E-state index contributed by atoms with van der Waals surface area (Å²) >= 11 is 2.99. The Balaban J connectivity index is 0. The molecule has 0 aliphatic rings. The molecule has 0 fully saturated rings. The molecule has 0 radical (unpaired) electrons. The molecule has 0 spiro atoms. The fourth-order valence-corrected chi connectivity index (χ4v) is 0. The first-order valence-electron chi connectivity index (χ1n) is 0.532. The van der Waals surface area contributed by atoms with E-state index in [-0.39, 0.29) is 51.4 Å². The minimum absolute atomic E-state index is 0. The molecule has 0 saturated heterocycles. The normalized spacial score (nSPS) is 12.4. The summed E-state index contributed by atoms with van der Waals surface area (Å²) in [6.07, 6.45) is 0. The van der Waals surface area contributed by atoms with Gasteiger partial charge in [-0.05, 0) is 11.7 Å². The minimum atomic E-state index is -1.92. The average molecular weight is 138 g/mol. The maximum absolute atomic E-state index is 8.98. The summed E-state index contributed by atoms with van der Waals surface area (Å²) < 4.78 is 16.4. The van der Waals surface area contributed by atoms with Crippen molar-refractivity contribution in [1.29, 1.82) is 0 Å². The second kappa shape index (κ2) is 6.10. The average Bonchev–Trinajstić information content (AvgIpc) is 0.811. The van der Waals surface area contributed by atoms with E-state index in [9.17, 15) is 0 Å². The van der Waals surface area contributed by atoms with Crippen LogP contribution in [-0.2, 0) is 10.1 Å². The van der Waals surface area contributed by atoms with Crippen LogP contribution < -0.4 is 0 Å². The van der Waals surface area contributed by atoms with Gasteiger partial charge >= 0.3 is 51.4 Å². The topological polar surface area (TPSA) is 37.3 Å². The number of thiol groups is 1. The van der Waals surface area contributed by atoms with Gasteiger partial charge in [0.15, 0.2) is 0 Å². The monoisotopic (exact) mass is 138 g/mol. The van der Waals surface area contributed by atoms with Crippen LogP contribution in [0.15, 0.2) is 0 Å². The summed E-state index contributed by atoms with van der Waals surface area (Å²) in [7, 11) is -1.92. The quantitative estimate of drug-likeness (QED) is 0.203. The number of hydrogen-bond acceptors (Lipinski definition) is 1. The Kier molecular flexibility index (Phi) is 12.4. The molecule has 0 aromatic rings. The summed E-state index contributed by atoms with van der Waals surface area (Å²) in [5.41, 5.74) is 0. The predicted octanol–water partition coefficient (Wildman–Crippen LogP) is -0.596. The van der Waals surface area contributed by atoms with E-state index in [2.05, 4.69) is 11.7 Å². The van der Waals surface area contributed by atoms with Crippen LogP contribution in [0, 0.1) is 0 Å². The summed E-state index contributed by atoms with van der Waals surface area (Å²) in [5.74, 6) is 0. The molecule has 1 unspecified atom stereocenters. The third-order valence-electron chi connectivity index (χ3n) is 0. The Bertz CT molecular complexity index is 30.6. The van der Waals surface area contributed by atoms with Crippen LogP contribution in [0.5, 0.6) is 0 Å². The molecule has 5 heavy (non-hydrogen) atoms. The summed E-state index contributed by atoms with van der Waals surface area (Å²) in [6.45, 7) is 0. The molecule has 1 atom stereocenters. The molecular formula is H3KO2S2. The first-order chi connectivity index (χ1) is 1.73. The first kappa shape index (κ1) is 10.2. The van der Waals surface area contributed by atoms with Crippen molar-refractivity contribution in [3.8, 4) is 0 Å². The Morgan fingerprint density at radius 2 is 1.80 bits per heavy atom. The second-order valence-corrected chi connectivity index (χ2v) is 1.63. The number of rotatable bonds is 0. The molecule has 0 aromatic heterocycles. The molecule has 2 nitrogen and oxygen atoms in total. The fraction of sp³-hybridized carbons (Fsp3) is 0. The number of hydrogen-bond donors (Lipinski definition) is 2. The molecule has 0 bridgehead atoms. The van der Waals surface area contributed by atoms with Crippen LogP contribution >= 0.6 is 11.7 Å². The predicted molar refractivity (Wildman–Crippen MR) is 26.9 cm³/mol. The van der Waals surface area contributed by atoms with Crippen molar-refractivity contribution >= 4 is 73.2 Å². The second-order valence-electron chi connectivity index (χ2n) is 0.231. The zero-order valence-electron chi connectivity index (χ0n) is 1.71. The Morgan fingerprint density at radius 1 is 1.80 bits per heavy atom.